The number of hydrogen-bond acceptors (Lipinski definition) is 12. The lowest BCUT2D eigenvalue weighted by Gasteiger charge is -2.60. The van der Waals surface area contributed by atoms with Crippen molar-refractivity contribution in [2.75, 3.05) is 45.0 Å². The van der Waals surface area contributed by atoms with Crippen LogP contribution in [0.25, 0.3) is 0 Å². The molecule has 236 valence electrons. The summed E-state index contributed by atoms with van der Waals surface area (Å²) in [6.07, 6.45) is -0.686. The van der Waals surface area contributed by atoms with Gasteiger partial charge in [-0.25, -0.2) is 0 Å². The van der Waals surface area contributed by atoms with Crippen molar-refractivity contribution in [1.29, 1.82) is 5.26 Å². The zero-order valence-electron chi connectivity index (χ0n) is 25.6. The highest BCUT2D eigenvalue weighted by atomic mass is 16.3. The average molecular weight is 610 g/mol. The number of rotatable bonds is 6. The summed E-state index contributed by atoms with van der Waals surface area (Å²) >= 11 is 0. The van der Waals surface area contributed by atoms with Crippen molar-refractivity contribution in [3.63, 3.8) is 0 Å². The van der Waals surface area contributed by atoms with Gasteiger partial charge < -0.3 is 38.3 Å². The average Bonchev–Trinajstić information content (AvgIpc) is 2.87. The quantitative estimate of drug-likeness (QED) is 0.0906. The molecule has 0 saturated heterocycles. The van der Waals surface area contributed by atoms with Gasteiger partial charge in [-0.2, -0.15) is 5.26 Å². The molecule has 0 bridgehead atoms. The molecule has 0 aromatic heterocycles. The minimum Gasteiger partial charge on any atom is -0.505 e. The molecule has 0 spiro atoms. The van der Waals surface area contributed by atoms with E-state index in [4.69, 9.17) is 22.9 Å². The zero-order valence-corrected chi connectivity index (χ0v) is 25.6. The second kappa shape index (κ2) is 10.7. The first-order valence-corrected chi connectivity index (χ1v) is 14.0. The third-order valence-electron chi connectivity index (χ3n) is 8.94. The lowest BCUT2D eigenvalue weighted by atomic mass is 9.42. The summed E-state index contributed by atoms with van der Waals surface area (Å²) < 4.78 is 0. The van der Waals surface area contributed by atoms with E-state index in [1.807, 2.05) is 13.8 Å². The highest BCUT2D eigenvalue weighted by Crippen LogP contribution is 2.57. The number of amides is 1. The van der Waals surface area contributed by atoms with Crippen molar-refractivity contribution in [3.05, 3.63) is 17.2 Å². The van der Waals surface area contributed by atoms with Crippen LogP contribution in [0.15, 0.2) is 11.1 Å². The molecule has 1 amide bonds. The minimum absolute atomic E-state index is 0.0233. The Labute approximate surface area is 254 Å². The number of nitrogens with zero attached hydrogens (tertiary/aromatic N) is 4. The molecule has 3 aliphatic rings. The summed E-state index contributed by atoms with van der Waals surface area (Å²) in [4.78, 5) is 75.8. The number of phenolic OH excluding ortho intramolecular Hbond substituents is 1. The van der Waals surface area contributed by atoms with E-state index >= 15 is 0 Å². The van der Waals surface area contributed by atoms with Crippen LogP contribution < -0.4 is 33.2 Å². The maximum absolute atomic E-state index is 14.5. The first-order valence-electron chi connectivity index (χ1n) is 14.0. The normalized spacial score (nSPS) is 31.8. The number of primary amides is 1. The van der Waals surface area contributed by atoms with E-state index in [0.29, 0.717) is 17.8 Å². The Morgan fingerprint density at radius 3 is 2.27 bits per heavy atom. The van der Waals surface area contributed by atoms with Crippen molar-refractivity contribution in [3.8, 4) is 11.8 Å². The highest BCUT2D eigenvalue weighted by molar-refractivity contribution is 6.33. The zero-order chi connectivity index (χ0) is 33.3. The fourth-order valence-corrected chi connectivity index (χ4v) is 7.21. The van der Waals surface area contributed by atoms with E-state index < -0.39 is 75.6 Å². The summed E-state index contributed by atoms with van der Waals surface area (Å²) in [7, 11) is 6.30. The largest absolute Gasteiger partial charge is 0.505 e. The molecule has 1 aromatic carbocycles. The molecule has 6 atom stereocenters. The molecular formula is C29H39N9O6. The molecule has 44 heavy (non-hydrogen) atoms. The van der Waals surface area contributed by atoms with Gasteiger partial charge in [0.2, 0.25) is 5.91 Å². The number of ketones is 4. The first-order chi connectivity index (χ1) is 20.3. The standard InChI is InChI=1S/C29H39N9O6/c1-12(2)9-35-26(32)36-14-7-15(37(3)4)13-8-27(33)10-29(34)22(38(5)6)21(41)17(25(31)44)23(42)28(29,11-30)24(43)18(27)20(40)16(13)19(14)39/h7,12,17-18,22,39H,8-10,33-34H2,1-6H3,(H2,31,44)(H3,32,35,36)/t17?,18?,22-,27-,28+,29-/m1/s1. The number of nitriles is 1. The number of carbonyl (C=O) groups excluding carboxylic acids is 5. The van der Waals surface area contributed by atoms with E-state index in [2.05, 4.69) is 10.3 Å². The van der Waals surface area contributed by atoms with Crippen molar-refractivity contribution < 1.29 is 29.1 Å². The van der Waals surface area contributed by atoms with Gasteiger partial charge in [-0.15, -0.1) is 0 Å². The van der Waals surface area contributed by atoms with Crippen molar-refractivity contribution >= 4 is 46.4 Å². The molecule has 2 unspecified atom stereocenters. The van der Waals surface area contributed by atoms with Crippen LogP contribution in [0.2, 0.25) is 0 Å². The van der Waals surface area contributed by atoms with Crippen molar-refractivity contribution in [2.45, 2.75) is 43.8 Å². The van der Waals surface area contributed by atoms with Crippen LogP contribution in [-0.2, 0) is 25.6 Å². The van der Waals surface area contributed by atoms with E-state index in [1.165, 1.54) is 19.0 Å². The second-order valence-electron chi connectivity index (χ2n) is 12.9. The molecule has 2 saturated carbocycles. The third-order valence-corrected chi connectivity index (χ3v) is 8.94. The van der Waals surface area contributed by atoms with E-state index in [0.717, 1.165) is 0 Å². The lowest BCUT2D eigenvalue weighted by molar-refractivity contribution is -0.166. The Morgan fingerprint density at radius 1 is 1.16 bits per heavy atom. The van der Waals surface area contributed by atoms with Crippen LogP contribution >= 0.6 is 0 Å². The lowest BCUT2D eigenvalue weighted by Crippen LogP contribution is -2.85. The number of hydrogen-bond donors (Lipinski definition) is 6. The number of fused-ring (bicyclic) bond motifs is 3. The van der Waals surface area contributed by atoms with Crippen LogP contribution in [0.5, 0.6) is 5.75 Å². The Bertz CT molecular complexity index is 1560. The Hall–Kier alpha value is -4.39. The molecule has 0 radical (unpaired) electrons. The van der Waals surface area contributed by atoms with Gasteiger partial charge >= 0.3 is 0 Å². The molecular weight excluding hydrogens is 570 g/mol. The van der Waals surface area contributed by atoms with Gasteiger partial charge in [0.05, 0.1) is 28.9 Å². The summed E-state index contributed by atoms with van der Waals surface area (Å²) in [6.45, 7) is 4.28. The summed E-state index contributed by atoms with van der Waals surface area (Å²) in [5, 5.41) is 24.7. The summed E-state index contributed by atoms with van der Waals surface area (Å²) in [6, 6.07) is 1.77. The van der Waals surface area contributed by atoms with E-state index in [1.54, 1.807) is 31.1 Å². The molecule has 3 aliphatic carbocycles. The van der Waals surface area contributed by atoms with Crippen molar-refractivity contribution in [2.24, 2.45) is 51.1 Å². The molecule has 15 heteroatoms. The number of anilines is 2. The predicted octanol–water partition coefficient (Wildman–Crippen LogP) is -1.74. The molecule has 2 fully saturated rings. The number of benzene rings is 1. The highest BCUT2D eigenvalue weighted by Gasteiger charge is 2.78. The van der Waals surface area contributed by atoms with Gasteiger partial charge in [-0.3, -0.25) is 33.9 Å². The van der Waals surface area contributed by atoms with Gasteiger partial charge in [0.15, 0.2) is 40.4 Å². The predicted molar refractivity (Wildman–Crippen MR) is 161 cm³/mol. The van der Waals surface area contributed by atoms with E-state index in [-0.39, 0.29) is 29.5 Å². The van der Waals surface area contributed by atoms with Gasteiger partial charge in [0, 0.05) is 31.9 Å². The number of likely N-dealkylation sites (N-methyl/N-ethyl adjacent to an activating group) is 1. The number of nitrogens with one attached hydrogen (secondary N) is 1. The number of nitrogens with two attached hydrogens (primary N) is 4. The van der Waals surface area contributed by atoms with Gasteiger partial charge in [0.25, 0.3) is 0 Å². The topological polar surface area (TPSA) is 264 Å². The monoisotopic (exact) mass is 609 g/mol. The molecule has 10 N–H and O–H groups in total. The number of aliphatic imine (C=N–C) groups is 1. The Kier molecular flexibility index (Phi) is 7.87. The fourth-order valence-electron chi connectivity index (χ4n) is 7.21. The fraction of sp³-hybridized carbons (Fsp3) is 0.552. The summed E-state index contributed by atoms with van der Waals surface area (Å²) in [5.74, 6) is -10.2. The maximum atomic E-state index is 14.5. The SMILES string of the molecule is CC(C)CN=C(N)Nc1cc(N(C)C)c2c(c1O)C(=O)C1C(=O)[C@]3(C#N)C(=O)C(C(N)=O)C(=O)[C@@H](N(C)C)[C@]3(N)C[C@]1(N)C2. The van der Waals surface area contributed by atoms with Crippen LogP contribution in [0.1, 0.15) is 36.2 Å². The van der Waals surface area contributed by atoms with Gasteiger partial charge in [-0.1, -0.05) is 13.8 Å². The van der Waals surface area contributed by atoms with Crippen LogP contribution in [0.4, 0.5) is 11.4 Å². The van der Waals surface area contributed by atoms with Crippen molar-refractivity contribution in [1.82, 2.24) is 4.90 Å². The molecule has 0 aliphatic heterocycles. The number of phenols is 1. The molecule has 1 aromatic rings. The Balaban J connectivity index is 1.98. The number of carbonyl (C=O) groups is 5. The van der Waals surface area contributed by atoms with Gasteiger partial charge in [-0.05, 0) is 44.5 Å². The van der Waals surface area contributed by atoms with Gasteiger partial charge in [0.1, 0.15) is 11.7 Å². The third kappa shape index (κ3) is 4.35. The number of guanidine groups is 1. The number of aromatic hydroxyl groups is 1. The second-order valence-corrected chi connectivity index (χ2v) is 12.9. The van der Waals surface area contributed by atoms with Crippen LogP contribution in [0, 0.1) is 34.5 Å². The smallest absolute Gasteiger partial charge is 0.235 e. The van der Waals surface area contributed by atoms with E-state index in [9.17, 15) is 34.3 Å². The molecule has 0 heterocycles. The molecule has 4 rings (SSSR count). The number of Topliss-reactive ketones (excluding diaryl/α,β-unsaturated/α-hetero) is 4. The molecule has 15 nitrogen and oxygen atoms in total. The maximum Gasteiger partial charge on any atom is 0.235 e. The first kappa shape index (κ1) is 32.5. The van der Waals surface area contributed by atoms with Crippen LogP contribution in [0.3, 0.4) is 0 Å². The minimum atomic E-state index is -2.82. The van der Waals surface area contributed by atoms with Crippen LogP contribution in [-0.4, -0.2) is 96.9 Å². The summed E-state index contributed by atoms with van der Waals surface area (Å²) in [5.41, 5.74) is 18.9. The Morgan fingerprint density at radius 2 is 1.77 bits per heavy atom.